The van der Waals surface area contributed by atoms with Crippen molar-refractivity contribution in [2.75, 3.05) is 5.32 Å². The number of nitrogens with zero attached hydrogens (tertiary/aromatic N) is 1. The minimum Gasteiger partial charge on any atom is -0.378 e. The topological polar surface area (TPSA) is 55.2 Å². The maximum atomic E-state index is 10.8. The lowest BCUT2D eigenvalue weighted by atomic mass is 10.1. The van der Waals surface area contributed by atoms with Crippen LogP contribution in [-0.2, 0) is 6.42 Å². The summed E-state index contributed by atoms with van der Waals surface area (Å²) in [5.74, 6) is 0. The third-order valence-electron chi connectivity index (χ3n) is 3.25. The van der Waals surface area contributed by atoms with Gasteiger partial charge < -0.3 is 5.32 Å². The monoisotopic (exact) mass is 294 g/mol. The Morgan fingerprint density at radius 2 is 2.26 bits per heavy atom. The van der Waals surface area contributed by atoms with E-state index in [2.05, 4.69) is 5.32 Å². The van der Waals surface area contributed by atoms with E-state index in [-0.39, 0.29) is 16.7 Å². The van der Waals surface area contributed by atoms with Crippen molar-refractivity contribution in [1.82, 2.24) is 0 Å². The van der Waals surface area contributed by atoms with Crippen LogP contribution in [0.5, 0.6) is 0 Å². The highest BCUT2D eigenvalue weighted by Gasteiger charge is 2.25. The number of halogens is 1. The van der Waals surface area contributed by atoms with E-state index in [9.17, 15) is 10.1 Å². The number of benzene rings is 1. The quantitative estimate of drug-likeness (QED) is 0.674. The molecule has 1 aromatic heterocycles. The zero-order valence-electron chi connectivity index (χ0n) is 9.93. The standard InChI is InChI=1S/C13H11ClN2O2S/c14-13-7-10-11(4-5-12(10)19-13)15-8-2-1-3-9(6-8)16(17)18/h1-3,6-7,11,15H,4-5H2. The van der Waals surface area contributed by atoms with Gasteiger partial charge in [0.25, 0.3) is 5.69 Å². The van der Waals surface area contributed by atoms with Crippen LogP contribution in [0.25, 0.3) is 0 Å². The number of nitrogens with one attached hydrogen (secondary N) is 1. The Hall–Kier alpha value is -1.59. The molecule has 0 radical (unpaired) electrons. The van der Waals surface area contributed by atoms with Crippen molar-refractivity contribution in [2.24, 2.45) is 0 Å². The summed E-state index contributed by atoms with van der Waals surface area (Å²) in [6.45, 7) is 0. The van der Waals surface area contributed by atoms with Gasteiger partial charge in [-0.2, -0.15) is 0 Å². The van der Waals surface area contributed by atoms with Gasteiger partial charge in [0.15, 0.2) is 0 Å². The zero-order chi connectivity index (χ0) is 13.4. The van der Waals surface area contributed by atoms with Gasteiger partial charge in [-0.05, 0) is 30.5 Å². The minimum atomic E-state index is -0.382. The van der Waals surface area contributed by atoms with Crippen LogP contribution in [0.3, 0.4) is 0 Å². The predicted molar refractivity (Wildman–Crippen MR) is 77.1 cm³/mol. The van der Waals surface area contributed by atoms with Gasteiger partial charge in [-0.1, -0.05) is 17.7 Å². The second-order valence-corrected chi connectivity index (χ2v) is 6.24. The van der Waals surface area contributed by atoms with Crippen molar-refractivity contribution in [3.05, 3.63) is 55.2 Å². The maximum Gasteiger partial charge on any atom is 0.271 e. The largest absolute Gasteiger partial charge is 0.378 e. The van der Waals surface area contributed by atoms with Gasteiger partial charge in [0.05, 0.1) is 15.3 Å². The first-order valence-corrected chi connectivity index (χ1v) is 7.12. The normalized spacial score (nSPS) is 17.2. The van der Waals surface area contributed by atoms with Gasteiger partial charge in [0, 0.05) is 22.7 Å². The van der Waals surface area contributed by atoms with E-state index in [1.807, 2.05) is 12.1 Å². The summed E-state index contributed by atoms with van der Waals surface area (Å²) in [6, 6.07) is 8.78. The molecule has 1 aromatic carbocycles. The molecule has 1 atom stereocenters. The highest BCUT2D eigenvalue weighted by Crippen LogP contribution is 2.41. The molecule has 0 fully saturated rings. The molecule has 0 saturated carbocycles. The number of aryl methyl sites for hydroxylation is 1. The van der Waals surface area contributed by atoms with Crippen molar-refractivity contribution in [3.8, 4) is 0 Å². The molecule has 1 N–H and O–H groups in total. The summed E-state index contributed by atoms with van der Waals surface area (Å²) in [7, 11) is 0. The fourth-order valence-corrected chi connectivity index (χ4v) is 3.75. The van der Waals surface area contributed by atoms with Crippen LogP contribution < -0.4 is 5.32 Å². The summed E-state index contributed by atoms with van der Waals surface area (Å²) in [5, 5.41) is 14.1. The van der Waals surface area contributed by atoms with Crippen molar-refractivity contribution in [1.29, 1.82) is 0 Å². The molecule has 3 rings (SSSR count). The predicted octanol–water partition coefficient (Wildman–Crippen LogP) is 4.41. The number of nitro groups is 1. The van der Waals surface area contributed by atoms with Crippen LogP contribution in [0.1, 0.15) is 22.9 Å². The van der Waals surface area contributed by atoms with Crippen molar-refractivity contribution >= 4 is 34.3 Å². The second-order valence-electron chi connectivity index (χ2n) is 4.47. The number of hydrogen-bond acceptors (Lipinski definition) is 4. The number of hydrogen-bond donors (Lipinski definition) is 1. The number of fused-ring (bicyclic) bond motifs is 1. The molecule has 0 amide bonds. The first kappa shape index (κ1) is 12.4. The van der Waals surface area contributed by atoms with Crippen molar-refractivity contribution in [2.45, 2.75) is 18.9 Å². The molecule has 0 saturated heterocycles. The van der Waals surface area contributed by atoms with E-state index in [0.717, 1.165) is 22.9 Å². The molecule has 19 heavy (non-hydrogen) atoms. The fourth-order valence-electron chi connectivity index (χ4n) is 2.39. The van der Waals surface area contributed by atoms with Crippen LogP contribution in [0, 0.1) is 10.1 Å². The SMILES string of the molecule is O=[N+]([O-])c1cccc(NC2CCc3sc(Cl)cc32)c1. The van der Waals surface area contributed by atoms with Gasteiger partial charge in [-0.3, -0.25) is 10.1 Å². The lowest BCUT2D eigenvalue weighted by Crippen LogP contribution is -2.06. The van der Waals surface area contributed by atoms with Gasteiger partial charge in [0.1, 0.15) is 0 Å². The minimum absolute atomic E-state index is 0.103. The van der Waals surface area contributed by atoms with E-state index in [0.29, 0.717) is 0 Å². The summed E-state index contributed by atoms with van der Waals surface area (Å²) >= 11 is 7.63. The Morgan fingerprint density at radius 1 is 1.42 bits per heavy atom. The van der Waals surface area contributed by atoms with Gasteiger partial charge in [0.2, 0.25) is 0 Å². The first-order chi connectivity index (χ1) is 9.13. The molecular formula is C13H11ClN2O2S. The average Bonchev–Trinajstić information content (AvgIpc) is 2.91. The van der Waals surface area contributed by atoms with E-state index in [4.69, 9.17) is 11.6 Å². The Bertz CT molecular complexity index is 641. The third kappa shape index (κ3) is 2.43. The lowest BCUT2D eigenvalue weighted by molar-refractivity contribution is -0.384. The lowest BCUT2D eigenvalue weighted by Gasteiger charge is -2.14. The number of non-ortho nitro benzene ring substituents is 1. The van der Waals surface area contributed by atoms with E-state index in [1.165, 1.54) is 16.5 Å². The Balaban J connectivity index is 1.83. The van der Waals surface area contributed by atoms with E-state index < -0.39 is 0 Å². The molecule has 6 heteroatoms. The zero-order valence-corrected chi connectivity index (χ0v) is 11.5. The molecule has 2 aromatic rings. The molecule has 0 aliphatic heterocycles. The van der Waals surface area contributed by atoms with Crippen molar-refractivity contribution < 1.29 is 4.92 Å². The molecule has 0 bridgehead atoms. The van der Waals surface area contributed by atoms with Gasteiger partial charge in [-0.25, -0.2) is 0 Å². The molecule has 98 valence electrons. The summed E-state index contributed by atoms with van der Waals surface area (Å²) in [4.78, 5) is 11.7. The molecule has 1 heterocycles. The Labute approximate surface area is 119 Å². The number of rotatable bonds is 3. The highest BCUT2D eigenvalue weighted by atomic mass is 35.5. The Kier molecular flexibility index (Phi) is 3.16. The van der Waals surface area contributed by atoms with E-state index >= 15 is 0 Å². The maximum absolute atomic E-state index is 10.8. The molecule has 0 spiro atoms. The summed E-state index contributed by atoms with van der Waals surface area (Å²) in [5.41, 5.74) is 2.10. The van der Waals surface area contributed by atoms with E-state index in [1.54, 1.807) is 23.5 Å². The molecule has 1 unspecified atom stereocenters. The van der Waals surface area contributed by atoms with Crippen LogP contribution in [-0.4, -0.2) is 4.92 Å². The summed E-state index contributed by atoms with van der Waals surface area (Å²) < 4.78 is 0.801. The van der Waals surface area contributed by atoms with Crippen molar-refractivity contribution in [3.63, 3.8) is 0 Å². The molecule has 4 nitrogen and oxygen atoms in total. The highest BCUT2D eigenvalue weighted by molar-refractivity contribution is 7.16. The Morgan fingerprint density at radius 3 is 3.05 bits per heavy atom. The van der Waals surface area contributed by atoms with Crippen LogP contribution >= 0.6 is 22.9 Å². The smallest absolute Gasteiger partial charge is 0.271 e. The summed E-state index contributed by atoms with van der Waals surface area (Å²) in [6.07, 6.45) is 2.01. The third-order valence-corrected chi connectivity index (χ3v) is 4.58. The average molecular weight is 295 g/mol. The van der Waals surface area contributed by atoms with Crippen LogP contribution in [0.2, 0.25) is 4.34 Å². The number of nitro benzene ring substituents is 1. The van der Waals surface area contributed by atoms with Crippen LogP contribution in [0.4, 0.5) is 11.4 Å². The first-order valence-electron chi connectivity index (χ1n) is 5.92. The molecule has 1 aliphatic carbocycles. The molecule has 1 aliphatic rings. The van der Waals surface area contributed by atoms with Gasteiger partial charge in [-0.15, -0.1) is 11.3 Å². The molecular weight excluding hydrogens is 284 g/mol. The fraction of sp³-hybridized carbons (Fsp3) is 0.231. The van der Waals surface area contributed by atoms with Crippen LogP contribution in [0.15, 0.2) is 30.3 Å². The van der Waals surface area contributed by atoms with Gasteiger partial charge >= 0.3 is 0 Å². The second kappa shape index (κ2) is 4.83. The number of thiophene rings is 1. The number of anilines is 1.